The number of amides is 1. The van der Waals surface area contributed by atoms with Gasteiger partial charge < -0.3 is 20.1 Å². The number of hydrogen-bond acceptors (Lipinski definition) is 4. The maximum Gasteiger partial charge on any atom is 0.256 e. The molecule has 5 nitrogen and oxygen atoms in total. The fourth-order valence-electron chi connectivity index (χ4n) is 2.00. The van der Waals surface area contributed by atoms with E-state index in [1.54, 1.807) is 7.05 Å². The molecule has 1 rings (SSSR count). The molecule has 0 radical (unpaired) electrons. The average molecular weight is 349 g/mol. The molecule has 0 spiro atoms. The summed E-state index contributed by atoms with van der Waals surface area (Å²) >= 11 is 0. The molecule has 0 aliphatic carbocycles. The highest BCUT2D eigenvalue weighted by Gasteiger charge is 2.20. The number of rotatable bonds is 7. The predicted octanol–water partition coefficient (Wildman–Crippen LogP) is 2.71. The first-order chi connectivity index (χ1) is 10.3. The van der Waals surface area contributed by atoms with Crippen LogP contribution in [0.2, 0.25) is 0 Å². The number of ether oxygens (including phenoxy) is 2. The van der Waals surface area contributed by atoms with Crippen LogP contribution < -0.4 is 15.2 Å². The van der Waals surface area contributed by atoms with Crippen LogP contribution in [0.3, 0.4) is 0 Å². The van der Waals surface area contributed by atoms with E-state index in [0.29, 0.717) is 24.6 Å². The summed E-state index contributed by atoms with van der Waals surface area (Å²) in [5, 5.41) is 0. The van der Waals surface area contributed by atoms with Crippen LogP contribution in [0.1, 0.15) is 30.6 Å². The molecule has 1 atom stereocenters. The molecule has 132 valence electrons. The van der Waals surface area contributed by atoms with Gasteiger partial charge >= 0.3 is 0 Å². The van der Waals surface area contributed by atoms with Crippen LogP contribution in [-0.2, 0) is 0 Å². The Balaban J connectivity index is 0.00000484. The Hall–Kier alpha value is -1.53. The van der Waals surface area contributed by atoms with Gasteiger partial charge in [0, 0.05) is 25.7 Å². The highest BCUT2D eigenvalue weighted by molar-refractivity contribution is 5.95. The second-order valence-corrected chi connectivity index (χ2v) is 5.61. The molecule has 0 aromatic heterocycles. The van der Waals surface area contributed by atoms with Gasteiger partial charge in [-0.15, -0.1) is 12.4 Å². The van der Waals surface area contributed by atoms with E-state index in [1.807, 2.05) is 13.8 Å². The Bertz CT molecular complexity index is 526. The Labute approximate surface area is 143 Å². The van der Waals surface area contributed by atoms with Crippen molar-refractivity contribution in [1.82, 2.24) is 4.90 Å². The summed E-state index contributed by atoms with van der Waals surface area (Å²) < 4.78 is 24.2. The average Bonchev–Trinajstić information content (AvgIpc) is 2.50. The molecule has 0 heterocycles. The zero-order chi connectivity index (χ0) is 16.9. The third kappa shape index (κ3) is 5.55. The molecule has 0 aliphatic heterocycles. The topological polar surface area (TPSA) is 64.8 Å². The Morgan fingerprint density at radius 1 is 1.26 bits per heavy atom. The molecule has 7 heteroatoms. The lowest BCUT2D eigenvalue weighted by Crippen LogP contribution is -2.35. The molecular formula is C16H26ClFN2O3. The van der Waals surface area contributed by atoms with E-state index in [-0.39, 0.29) is 29.8 Å². The van der Waals surface area contributed by atoms with E-state index < -0.39 is 11.7 Å². The minimum atomic E-state index is -0.636. The first-order valence-corrected chi connectivity index (χ1v) is 7.24. The van der Waals surface area contributed by atoms with Gasteiger partial charge in [0.2, 0.25) is 0 Å². The van der Waals surface area contributed by atoms with E-state index in [2.05, 4.69) is 0 Å². The molecule has 1 amide bonds. The summed E-state index contributed by atoms with van der Waals surface area (Å²) in [4.78, 5) is 13.8. The number of carbonyl (C=O) groups excluding carboxylic acids is 1. The van der Waals surface area contributed by atoms with Crippen molar-refractivity contribution in [3.05, 3.63) is 23.5 Å². The third-order valence-corrected chi connectivity index (χ3v) is 3.70. The summed E-state index contributed by atoms with van der Waals surface area (Å²) in [5.41, 5.74) is 5.93. The lowest BCUT2D eigenvalue weighted by molar-refractivity contribution is 0.0784. The van der Waals surface area contributed by atoms with Gasteiger partial charge in [0.05, 0.1) is 19.8 Å². The van der Waals surface area contributed by atoms with E-state index in [1.165, 1.54) is 25.2 Å². The normalized spacial score (nSPS) is 11.7. The van der Waals surface area contributed by atoms with Crippen LogP contribution in [0.15, 0.2) is 12.1 Å². The Morgan fingerprint density at radius 2 is 1.78 bits per heavy atom. The molecule has 1 aromatic rings. The molecule has 0 fully saturated rings. The molecule has 1 aromatic carbocycles. The number of halogens is 2. The first kappa shape index (κ1) is 21.5. The van der Waals surface area contributed by atoms with Crippen LogP contribution >= 0.6 is 12.4 Å². The second kappa shape index (κ2) is 9.57. The van der Waals surface area contributed by atoms with Crippen molar-refractivity contribution < 1.29 is 18.7 Å². The molecule has 0 saturated carbocycles. The summed E-state index contributed by atoms with van der Waals surface area (Å²) in [5.74, 6) is -0.140. The fourth-order valence-corrected chi connectivity index (χ4v) is 2.00. The summed E-state index contributed by atoms with van der Waals surface area (Å²) in [7, 11) is 4.49. The number of nitrogens with zero attached hydrogens (tertiary/aromatic N) is 1. The lowest BCUT2D eigenvalue weighted by atomic mass is 10.0. The van der Waals surface area contributed by atoms with Crippen molar-refractivity contribution >= 4 is 18.3 Å². The second-order valence-electron chi connectivity index (χ2n) is 5.61. The van der Waals surface area contributed by atoms with Crippen LogP contribution in [0, 0.1) is 11.7 Å². The molecule has 2 N–H and O–H groups in total. The van der Waals surface area contributed by atoms with Gasteiger partial charge in [0.25, 0.3) is 5.91 Å². The van der Waals surface area contributed by atoms with Crippen LogP contribution in [0.5, 0.6) is 11.5 Å². The van der Waals surface area contributed by atoms with Crippen LogP contribution in [0.25, 0.3) is 0 Å². The molecule has 0 bridgehead atoms. The molecular weight excluding hydrogens is 323 g/mol. The van der Waals surface area contributed by atoms with Crippen molar-refractivity contribution in [2.75, 3.05) is 27.8 Å². The largest absolute Gasteiger partial charge is 0.493 e. The van der Waals surface area contributed by atoms with Gasteiger partial charge in [0.1, 0.15) is 5.82 Å². The lowest BCUT2D eigenvalue weighted by Gasteiger charge is -2.22. The van der Waals surface area contributed by atoms with Crippen LogP contribution in [0.4, 0.5) is 4.39 Å². The summed E-state index contributed by atoms with van der Waals surface area (Å²) in [6.07, 6.45) is 0.662. The van der Waals surface area contributed by atoms with Gasteiger partial charge in [-0.25, -0.2) is 4.39 Å². The fraction of sp³-hybridized carbons (Fsp3) is 0.562. The minimum absolute atomic E-state index is 0. The van der Waals surface area contributed by atoms with Crippen molar-refractivity contribution in [3.8, 4) is 11.5 Å². The zero-order valence-corrected chi connectivity index (χ0v) is 15.1. The molecule has 0 aliphatic rings. The molecule has 0 saturated heterocycles. The number of hydrogen-bond donors (Lipinski definition) is 1. The Kier molecular flexibility index (Phi) is 8.94. The van der Waals surface area contributed by atoms with Crippen LogP contribution in [-0.4, -0.2) is 44.7 Å². The zero-order valence-electron chi connectivity index (χ0n) is 14.3. The van der Waals surface area contributed by atoms with Crippen molar-refractivity contribution in [3.63, 3.8) is 0 Å². The summed E-state index contributed by atoms with van der Waals surface area (Å²) in [6, 6.07) is 2.51. The third-order valence-electron chi connectivity index (χ3n) is 3.70. The van der Waals surface area contributed by atoms with Gasteiger partial charge in [-0.05, 0) is 18.4 Å². The summed E-state index contributed by atoms with van der Waals surface area (Å²) in [6.45, 7) is 4.52. The van der Waals surface area contributed by atoms with Crippen molar-refractivity contribution in [1.29, 1.82) is 0 Å². The number of benzene rings is 1. The smallest absolute Gasteiger partial charge is 0.256 e. The Morgan fingerprint density at radius 3 is 2.26 bits per heavy atom. The highest BCUT2D eigenvalue weighted by atomic mass is 35.5. The van der Waals surface area contributed by atoms with E-state index in [4.69, 9.17) is 15.2 Å². The van der Waals surface area contributed by atoms with Gasteiger partial charge in [-0.2, -0.15) is 0 Å². The van der Waals surface area contributed by atoms with E-state index >= 15 is 0 Å². The SMILES string of the molecule is COc1cc(F)c(C(=O)N(C)CCC(N)C(C)C)cc1OC.Cl. The maximum absolute atomic E-state index is 14.1. The predicted molar refractivity (Wildman–Crippen MR) is 91.1 cm³/mol. The quantitative estimate of drug-likeness (QED) is 0.822. The van der Waals surface area contributed by atoms with E-state index in [9.17, 15) is 9.18 Å². The molecule has 1 unspecified atom stereocenters. The highest BCUT2D eigenvalue weighted by Crippen LogP contribution is 2.30. The first-order valence-electron chi connectivity index (χ1n) is 7.24. The number of methoxy groups -OCH3 is 2. The van der Waals surface area contributed by atoms with Gasteiger partial charge in [0.15, 0.2) is 11.5 Å². The van der Waals surface area contributed by atoms with Crippen molar-refractivity contribution in [2.24, 2.45) is 11.7 Å². The van der Waals surface area contributed by atoms with Gasteiger partial charge in [-0.1, -0.05) is 13.8 Å². The molecule has 23 heavy (non-hydrogen) atoms. The minimum Gasteiger partial charge on any atom is -0.493 e. The maximum atomic E-state index is 14.1. The van der Waals surface area contributed by atoms with E-state index in [0.717, 1.165) is 6.07 Å². The standard InChI is InChI=1S/C16H25FN2O3.ClH/c1-10(2)13(18)6-7-19(3)16(20)11-8-14(21-4)15(22-5)9-12(11)17;/h8-10,13H,6-7,18H2,1-5H3;1H. The monoisotopic (exact) mass is 348 g/mol. The number of nitrogens with two attached hydrogens (primary N) is 1. The van der Waals surface area contributed by atoms with Crippen molar-refractivity contribution in [2.45, 2.75) is 26.3 Å². The van der Waals surface area contributed by atoms with Gasteiger partial charge in [-0.3, -0.25) is 4.79 Å². The number of carbonyl (C=O) groups is 1.